The van der Waals surface area contributed by atoms with E-state index in [0.29, 0.717) is 0 Å². The third kappa shape index (κ3) is 9.15. The van der Waals surface area contributed by atoms with Gasteiger partial charge >= 0.3 is 0 Å². The van der Waals surface area contributed by atoms with Crippen LogP contribution in [0.3, 0.4) is 0 Å². The number of hydrogen-bond acceptors (Lipinski definition) is 1. The van der Waals surface area contributed by atoms with Gasteiger partial charge < -0.3 is 4.42 Å². The van der Waals surface area contributed by atoms with Crippen LogP contribution in [0.25, 0.3) is 43.5 Å². The highest BCUT2D eigenvalue weighted by Gasteiger charge is 2.17. The second-order valence-electron chi connectivity index (χ2n) is 13.9. The van der Waals surface area contributed by atoms with Crippen molar-refractivity contribution in [2.75, 3.05) is 0 Å². The first-order chi connectivity index (χ1) is 22.3. The highest BCUT2D eigenvalue weighted by molar-refractivity contribution is 6.27. The lowest BCUT2D eigenvalue weighted by atomic mass is 9.92. The first kappa shape index (κ1) is 33.6. The van der Waals surface area contributed by atoms with Crippen LogP contribution >= 0.6 is 0 Å². The van der Waals surface area contributed by atoms with Crippen LogP contribution < -0.4 is 0 Å². The first-order valence-corrected chi connectivity index (χ1v) is 19.1. The Balaban J connectivity index is 1.26. The van der Waals surface area contributed by atoms with Crippen molar-refractivity contribution in [3.05, 3.63) is 71.8 Å². The second-order valence-corrected chi connectivity index (χ2v) is 13.9. The fourth-order valence-corrected chi connectivity index (χ4v) is 7.66. The Kier molecular flexibility index (Phi) is 13.7. The molecule has 0 unspecified atom stereocenters. The van der Waals surface area contributed by atoms with Crippen molar-refractivity contribution < 1.29 is 4.42 Å². The summed E-state index contributed by atoms with van der Waals surface area (Å²) in [6.45, 7) is 4.60. The molecule has 5 aromatic rings. The molecule has 1 aromatic heterocycles. The maximum atomic E-state index is 6.75. The van der Waals surface area contributed by atoms with Crippen molar-refractivity contribution in [3.8, 4) is 0 Å². The Morgan fingerprint density at radius 3 is 1.04 bits per heavy atom. The maximum absolute atomic E-state index is 6.75. The molecule has 0 saturated carbocycles. The number of hydrogen-bond donors (Lipinski definition) is 0. The molecule has 0 fully saturated rings. The summed E-state index contributed by atoms with van der Waals surface area (Å²) in [5.74, 6) is 0. The standard InChI is InChI=1S/C44H60O/c1-3-5-7-9-11-13-15-17-19-21-27-35-33-41-43(39-31-25-23-29-37(35)39)44-40-32-26-24-30-38(40)36(34-42(44)45-41)28-22-20-18-16-14-12-10-8-6-4-2/h23-26,29-34H,3-22,27-28H2,1-2H3. The predicted molar refractivity (Wildman–Crippen MR) is 200 cm³/mol. The molecule has 45 heavy (non-hydrogen) atoms. The topological polar surface area (TPSA) is 13.1 Å². The molecule has 1 heterocycles. The highest BCUT2D eigenvalue weighted by atomic mass is 16.3. The van der Waals surface area contributed by atoms with Crippen molar-refractivity contribution in [2.45, 2.75) is 155 Å². The van der Waals surface area contributed by atoms with Gasteiger partial charge in [0.2, 0.25) is 0 Å². The lowest BCUT2D eigenvalue weighted by Crippen LogP contribution is -1.90. The van der Waals surface area contributed by atoms with E-state index < -0.39 is 0 Å². The Hall–Kier alpha value is -2.80. The molecular formula is C44H60O. The number of aryl methyl sites for hydroxylation is 2. The summed E-state index contributed by atoms with van der Waals surface area (Å²) in [7, 11) is 0. The molecule has 4 aromatic carbocycles. The van der Waals surface area contributed by atoms with Gasteiger partial charge in [-0.3, -0.25) is 0 Å². The Morgan fingerprint density at radius 2 is 0.689 bits per heavy atom. The molecule has 0 radical (unpaired) electrons. The molecular weight excluding hydrogens is 544 g/mol. The first-order valence-electron chi connectivity index (χ1n) is 19.1. The van der Waals surface area contributed by atoms with E-state index in [-0.39, 0.29) is 0 Å². The summed E-state index contributed by atoms with van der Waals surface area (Å²) in [4.78, 5) is 0. The molecule has 1 heteroatoms. The van der Waals surface area contributed by atoms with Crippen molar-refractivity contribution in [3.63, 3.8) is 0 Å². The van der Waals surface area contributed by atoms with Gasteiger partial charge in [-0.15, -0.1) is 0 Å². The maximum Gasteiger partial charge on any atom is 0.136 e. The summed E-state index contributed by atoms with van der Waals surface area (Å²) in [6, 6.07) is 22.9. The minimum Gasteiger partial charge on any atom is -0.456 e. The molecule has 5 rings (SSSR count). The molecule has 0 atom stereocenters. The third-order valence-electron chi connectivity index (χ3n) is 10.3. The van der Waals surface area contributed by atoms with Gasteiger partial charge in [-0.2, -0.15) is 0 Å². The van der Waals surface area contributed by atoms with Gasteiger partial charge in [0.25, 0.3) is 0 Å². The van der Waals surface area contributed by atoms with E-state index in [1.165, 1.54) is 172 Å². The van der Waals surface area contributed by atoms with Gasteiger partial charge in [0.1, 0.15) is 11.2 Å². The fraction of sp³-hybridized carbons (Fsp3) is 0.545. The summed E-state index contributed by atoms with van der Waals surface area (Å²) >= 11 is 0. The minimum atomic E-state index is 1.06. The van der Waals surface area contributed by atoms with Gasteiger partial charge in [0.15, 0.2) is 0 Å². The van der Waals surface area contributed by atoms with E-state index in [1.54, 1.807) is 0 Å². The Labute approximate surface area is 274 Å². The molecule has 0 spiro atoms. The summed E-state index contributed by atoms with van der Waals surface area (Å²) < 4.78 is 6.75. The van der Waals surface area contributed by atoms with Crippen LogP contribution in [0.4, 0.5) is 0 Å². The highest BCUT2D eigenvalue weighted by Crippen LogP contribution is 2.41. The predicted octanol–water partition coefficient (Wildman–Crippen LogP) is 14.8. The lowest BCUT2D eigenvalue weighted by molar-refractivity contribution is 0.556. The molecule has 0 amide bonds. The van der Waals surface area contributed by atoms with Crippen LogP contribution in [0.2, 0.25) is 0 Å². The van der Waals surface area contributed by atoms with Crippen molar-refractivity contribution >= 4 is 43.5 Å². The zero-order chi connectivity index (χ0) is 31.1. The van der Waals surface area contributed by atoms with E-state index in [2.05, 4.69) is 74.5 Å². The zero-order valence-electron chi connectivity index (χ0n) is 28.7. The van der Waals surface area contributed by atoms with E-state index >= 15 is 0 Å². The van der Waals surface area contributed by atoms with Gasteiger partial charge in [0, 0.05) is 10.8 Å². The summed E-state index contributed by atoms with van der Waals surface area (Å²) in [5, 5.41) is 8.11. The van der Waals surface area contributed by atoms with Gasteiger partial charge in [-0.25, -0.2) is 0 Å². The quantitative estimate of drug-likeness (QED) is 0.0716. The molecule has 1 nitrogen and oxygen atoms in total. The number of benzene rings is 4. The smallest absolute Gasteiger partial charge is 0.136 e. The molecule has 0 bridgehead atoms. The van der Waals surface area contributed by atoms with Gasteiger partial charge in [0.05, 0.1) is 0 Å². The largest absolute Gasteiger partial charge is 0.456 e. The van der Waals surface area contributed by atoms with Crippen LogP contribution in [0.1, 0.15) is 153 Å². The summed E-state index contributed by atoms with van der Waals surface area (Å²) in [6.07, 6.45) is 29.8. The van der Waals surface area contributed by atoms with Gasteiger partial charge in [-0.1, -0.05) is 178 Å². The molecule has 0 aliphatic heterocycles. The lowest BCUT2D eigenvalue weighted by Gasteiger charge is -2.10. The molecule has 242 valence electrons. The van der Waals surface area contributed by atoms with Crippen molar-refractivity contribution in [1.82, 2.24) is 0 Å². The van der Waals surface area contributed by atoms with Gasteiger partial charge in [-0.05, 0) is 70.5 Å². The van der Waals surface area contributed by atoms with E-state index in [4.69, 9.17) is 4.42 Å². The molecule has 0 aliphatic carbocycles. The molecule has 0 aliphatic rings. The van der Waals surface area contributed by atoms with Crippen molar-refractivity contribution in [1.29, 1.82) is 0 Å². The molecule has 0 N–H and O–H groups in total. The Morgan fingerprint density at radius 1 is 0.378 bits per heavy atom. The Bertz CT molecular complexity index is 1470. The monoisotopic (exact) mass is 604 g/mol. The van der Waals surface area contributed by atoms with Crippen LogP contribution in [0.5, 0.6) is 0 Å². The second kappa shape index (κ2) is 18.4. The normalized spacial score (nSPS) is 12.0. The average Bonchev–Trinajstić information content (AvgIpc) is 3.45. The van der Waals surface area contributed by atoms with E-state index in [0.717, 1.165) is 24.0 Å². The average molecular weight is 605 g/mol. The van der Waals surface area contributed by atoms with E-state index in [1.807, 2.05) is 0 Å². The minimum absolute atomic E-state index is 1.06. The summed E-state index contributed by atoms with van der Waals surface area (Å²) in [5.41, 5.74) is 5.03. The SMILES string of the molecule is CCCCCCCCCCCCc1cc2oc3cc(CCCCCCCCCCCC)c4ccccc4c3c2c2ccccc12. The number of unbranched alkanes of at least 4 members (excludes halogenated alkanes) is 18. The van der Waals surface area contributed by atoms with Crippen LogP contribution in [-0.4, -0.2) is 0 Å². The zero-order valence-corrected chi connectivity index (χ0v) is 28.7. The van der Waals surface area contributed by atoms with Crippen LogP contribution in [0.15, 0.2) is 65.1 Å². The molecule has 0 saturated heterocycles. The van der Waals surface area contributed by atoms with Crippen LogP contribution in [-0.2, 0) is 12.8 Å². The van der Waals surface area contributed by atoms with E-state index in [9.17, 15) is 0 Å². The number of rotatable bonds is 22. The fourth-order valence-electron chi connectivity index (χ4n) is 7.66. The third-order valence-corrected chi connectivity index (χ3v) is 10.3. The van der Waals surface area contributed by atoms with Crippen LogP contribution in [0, 0.1) is 0 Å². The number of fused-ring (bicyclic) bond motifs is 7. The number of furan rings is 1. The van der Waals surface area contributed by atoms with Crippen molar-refractivity contribution in [2.24, 2.45) is 0 Å².